The summed E-state index contributed by atoms with van der Waals surface area (Å²) < 4.78 is 5.45. The first kappa shape index (κ1) is 20.8. The van der Waals surface area contributed by atoms with E-state index >= 15 is 0 Å². The lowest BCUT2D eigenvalue weighted by atomic mass is 9.76. The molecule has 3 aliphatic rings. The van der Waals surface area contributed by atoms with Crippen LogP contribution in [-0.4, -0.2) is 52.5 Å². The molecule has 3 heterocycles. The van der Waals surface area contributed by atoms with Gasteiger partial charge in [-0.25, -0.2) is 0 Å². The number of carbonyl (C=O) groups is 1. The Labute approximate surface area is 175 Å². The Balaban J connectivity index is 1.28. The normalized spacial score (nSPS) is 25.9. The van der Waals surface area contributed by atoms with E-state index in [4.69, 9.17) is 4.52 Å². The van der Waals surface area contributed by atoms with E-state index < -0.39 is 0 Å². The van der Waals surface area contributed by atoms with E-state index in [2.05, 4.69) is 40.8 Å². The highest BCUT2D eigenvalue weighted by Gasteiger charge is 2.46. The number of nitrogens with zero attached hydrogens (tertiary/aromatic N) is 4. The largest absolute Gasteiger partial charge is 0.343 e. The van der Waals surface area contributed by atoms with Gasteiger partial charge in [0.1, 0.15) is 0 Å². The number of carbonyl (C=O) groups excluding carboxylic acids is 1. The molecular formula is C23H38N4O2. The smallest absolute Gasteiger partial charge is 0.229 e. The first-order valence-corrected chi connectivity index (χ1v) is 11.8. The molecule has 0 radical (unpaired) electrons. The van der Waals surface area contributed by atoms with Gasteiger partial charge in [0.15, 0.2) is 5.82 Å². The zero-order chi connectivity index (χ0) is 20.4. The van der Waals surface area contributed by atoms with Crippen molar-refractivity contribution in [2.45, 2.75) is 90.0 Å². The second-order valence-electron chi connectivity index (χ2n) is 10.2. The van der Waals surface area contributed by atoms with Gasteiger partial charge in [0.2, 0.25) is 11.8 Å². The molecule has 1 aliphatic carbocycles. The van der Waals surface area contributed by atoms with Gasteiger partial charge in [0.05, 0.1) is 6.04 Å². The molecule has 2 aliphatic heterocycles. The van der Waals surface area contributed by atoms with Crippen LogP contribution in [0.3, 0.4) is 0 Å². The molecule has 1 aromatic heterocycles. The van der Waals surface area contributed by atoms with Crippen LogP contribution >= 0.6 is 0 Å². The molecule has 1 saturated carbocycles. The second kappa shape index (κ2) is 8.75. The molecule has 6 heteroatoms. The molecule has 1 amide bonds. The predicted molar refractivity (Wildman–Crippen MR) is 112 cm³/mol. The Bertz CT molecular complexity index is 687. The number of hydrogen-bond donors (Lipinski definition) is 0. The Kier molecular flexibility index (Phi) is 6.28. The van der Waals surface area contributed by atoms with E-state index in [0.717, 1.165) is 69.4 Å². The minimum absolute atomic E-state index is 0.236. The highest BCUT2D eigenvalue weighted by Crippen LogP contribution is 2.47. The van der Waals surface area contributed by atoms with Crippen LogP contribution in [0, 0.1) is 11.3 Å². The van der Waals surface area contributed by atoms with Gasteiger partial charge in [-0.2, -0.15) is 4.98 Å². The van der Waals surface area contributed by atoms with Crippen LogP contribution in [0.2, 0.25) is 0 Å². The Hall–Kier alpha value is -1.43. The highest BCUT2D eigenvalue weighted by molar-refractivity contribution is 5.76. The monoisotopic (exact) mass is 402 g/mol. The van der Waals surface area contributed by atoms with Crippen molar-refractivity contribution in [3.63, 3.8) is 0 Å². The van der Waals surface area contributed by atoms with Gasteiger partial charge in [-0.05, 0) is 44.1 Å². The van der Waals surface area contributed by atoms with Crippen LogP contribution in [0.25, 0.3) is 0 Å². The van der Waals surface area contributed by atoms with Gasteiger partial charge in [-0.3, -0.25) is 9.69 Å². The third kappa shape index (κ3) is 4.68. The average molecular weight is 403 g/mol. The Morgan fingerprint density at radius 3 is 2.59 bits per heavy atom. The number of likely N-dealkylation sites (tertiary alicyclic amines) is 2. The van der Waals surface area contributed by atoms with E-state index in [1.807, 2.05) is 0 Å². The van der Waals surface area contributed by atoms with E-state index in [9.17, 15) is 4.79 Å². The van der Waals surface area contributed by atoms with Gasteiger partial charge >= 0.3 is 0 Å². The number of hydrogen-bond acceptors (Lipinski definition) is 5. The Morgan fingerprint density at radius 1 is 1.21 bits per heavy atom. The predicted octanol–water partition coefficient (Wildman–Crippen LogP) is 4.54. The summed E-state index contributed by atoms with van der Waals surface area (Å²) in [7, 11) is 2.17. The van der Waals surface area contributed by atoms with Crippen LogP contribution < -0.4 is 0 Å². The maximum absolute atomic E-state index is 12.7. The zero-order valence-electron chi connectivity index (χ0n) is 18.5. The standard InChI is InChI=1S/C23H38N4O2/c1-17(2)22-24-21(25-29-22)19-15-23(16-26(19)3)11-13-27(14-12-23)20(28)10-9-18-7-5-4-6-8-18/h17-19H,4-16H2,1-3H3. The zero-order valence-corrected chi connectivity index (χ0v) is 18.5. The summed E-state index contributed by atoms with van der Waals surface area (Å²) in [4.78, 5) is 21.9. The van der Waals surface area contributed by atoms with Crippen molar-refractivity contribution in [1.29, 1.82) is 0 Å². The molecule has 3 fully saturated rings. The molecule has 0 bridgehead atoms. The number of rotatable bonds is 5. The average Bonchev–Trinajstić information content (AvgIpc) is 3.33. The molecule has 2 saturated heterocycles. The summed E-state index contributed by atoms with van der Waals surface area (Å²) in [6.07, 6.45) is 11.9. The van der Waals surface area contributed by atoms with Crippen LogP contribution in [0.4, 0.5) is 0 Å². The van der Waals surface area contributed by atoms with Gasteiger partial charge in [0.25, 0.3) is 0 Å². The fourth-order valence-electron chi connectivity index (χ4n) is 5.73. The molecule has 1 spiro atoms. The summed E-state index contributed by atoms with van der Waals surface area (Å²) in [5, 5.41) is 4.27. The summed E-state index contributed by atoms with van der Waals surface area (Å²) >= 11 is 0. The number of aromatic nitrogens is 2. The molecular weight excluding hydrogens is 364 g/mol. The molecule has 1 atom stereocenters. The highest BCUT2D eigenvalue weighted by atomic mass is 16.5. The van der Waals surface area contributed by atoms with Crippen molar-refractivity contribution in [3.05, 3.63) is 11.7 Å². The second-order valence-corrected chi connectivity index (χ2v) is 10.2. The van der Waals surface area contributed by atoms with Gasteiger partial charge in [0, 0.05) is 32.0 Å². The summed E-state index contributed by atoms with van der Waals surface area (Å²) in [6.45, 7) is 7.05. The molecule has 29 heavy (non-hydrogen) atoms. The minimum atomic E-state index is 0.236. The van der Waals surface area contributed by atoms with E-state index in [-0.39, 0.29) is 17.4 Å². The first-order valence-electron chi connectivity index (χ1n) is 11.8. The van der Waals surface area contributed by atoms with Crippen molar-refractivity contribution in [2.24, 2.45) is 11.3 Å². The Morgan fingerprint density at radius 2 is 1.93 bits per heavy atom. The van der Waals surface area contributed by atoms with Crippen molar-refractivity contribution < 1.29 is 9.32 Å². The first-order chi connectivity index (χ1) is 14.0. The molecule has 6 nitrogen and oxygen atoms in total. The quantitative estimate of drug-likeness (QED) is 0.723. The molecule has 4 rings (SSSR count). The van der Waals surface area contributed by atoms with Crippen molar-refractivity contribution >= 4 is 5.91 Å². The number of amides is 1. The minimum Gasteiger partial charge on any atom is -0.343 e. The van der Waals surface area contributed by atoms with E-state index in [1.165, 1.54) is 32.1 Å². The lowest BCUT2D eigenvalue weighted by molar-refractivity contribution is -0.133. The van der Waals surface area contributed by atoms with E-state index in [0.29, 0.717) is 5.91 Å². The van der Waals surface area contributed by atoms with Gasteiger partial charge in [-0.1, -0.05) is 51.1 Å². The van der Waals surface area contributed by atoms with Crippen LogP contribution in [0.1, 0.15) is 102 Å². The summed E-state index contributed by atoms with van der Waals surface area (Å²) in [6, 6.07) is 0.236. The SMILES string of the molecule is CC(C)c1nc(C2CC3(CCN(C(=O)CCC4CCCCC4)CC3)CN2C)no1. The van der Waals surface area contributed by atoms with E-state index in [1.54, 1.807) is 0 Å². The summed E-state index contributed by atoms with van der Waals surface area (Å²) in [5.74, 6) is 3.00. The molecule has 162 valence electrons. The maximum Gasteiger partial charge on any atom is 0.229 e. The molecule has 1 aromatic rings. The third-order valence-electron chi connectivity index (χ3n) is 7.66. The lowest BCUT2D eigenvalue weighted by Gasteiger charge is -2.39. The van der Waals surface area contributed by atoms with Crippen molar-refractivity contribution in [1.82, 2.24) is 19.9 Å². The van der Waals surface area contributed by atoms with Gasteiger partial charge < -0.3 is 9.42 Å². The maximum atomic E-state index is 12.7. The number of piperidine rings is 1. The van der Waals surface area contributed by atoms with Crippen LogP contribution in [0.5, 0.6) is 0 Å². The fourth-order valence-corrected chi connectivity index (χ4v) is 5.73. The van der Waals surface area contributed by atoms with Crippen LogP contribution in [0.15, 0.2) is 4.52 Å². The fraction of sp³-hybridized carbons (Fsp3) is 0.870. The molecule has 0 aromatic carbocycles. The third-order valence-corrected chi connectivity index (χ3v) is 7.66. The van der Waals surface area contributed by atoms with Gasteiger partial charge in [-0.15, -0.1) is 0 Å². The van der Waals surface area contributed by atoms with Crippen molar-refractivity contribution in [3.8, 4) is 0 Å². The molecule has 1 unspecified atom stereocenters. The summed E-state index contributed by atoms with van der Waals surface area (Å²) in [5.41, 5.74) is 0.290. The topological polar surface area (TPSA) is 62.5 Å². The van der Waals surface area contributed by atoms with Crippen molar-refractivity contribution in [2.75, 3.05) is 26.7 Å². The van der Waals surface area contributed by atoms with Crippen LogP contribution in [-0.2, 0) is 4.79 Å². The molecule has 0 N–H and O–H groups in total. The lowest BCUT2D eigenvalue weighted by Crippen LogP contribution is -2.44.